The Hall–Kier alpha value is -14.5. The Morgan fingerprint density at radius 3 is 1.27 bits per heavy atom. The van der Waals surface area contributed by atoms with Crippen molar-refractivity contribution < 1.29 is 91.7 Å². The molecule has 2 saturated heterocycles. The van der Waals surface area contributed by atoms with E-state index in [0.717, 1.165) is 27.0 Å². The largest absolute Gasteiger partial charge is 0.508 e. The SMILES string of the molecule is N=C(N)NCCC[C@H](NC(=O)[C@@H]1CSSC[C@H](NC(=O)[C@H](Cc2ccc3ccccc3c2)NC(=O)[C@H](CCCNC(=N)N)NC(=O)[C@@H](N)CCCNC(=N)N)C(=O)N[C@@H](Cc2ccc(O)cc2)C(=O)N[C@@H](CCCNC(N)=O)C(=O)N[C@@H](CCCCN)C(=O)N[C@H](CCCCN)C(=O)N2CCC[C@H]2C(=O)N[C@@H](Cc2ccc(O)cc2)C(=O)N[C@@H](CCCNC(N)=O)C(=O)N[C@@H](CCCNC(N)=O)C(=O)N1)C(N)=O. The van der Waals surface area contributed by atoms with Crippen LogP contribution in [0.25, 0.3) is 10.8 Å². The normalized spacial score (nSPS) is 20.2. The van der Waals surface area contributed by atoms with Crippen molar-refractivity contribution >= 4 is 151 Å². The van der Waals surface area contributed by atoms with Crippen molar-refractivity contribution in [2.24, 2.45) is 57.3 Å². The second-order valence-electron chi connectivity index (χ2n) is 34.4. The molecule has 786 valence electrons. The van der Waals surface area contributed by atoms with E-state index >= 15 is 57.5 Å². The van der Waals surface area contributed by atoms with Gasteiger partial charge in [-0.1, -0.05) is 88.3 Å². The molecule has 0 aliphatic carbocycles. The summed E-state index contributed by atoms with van der Waals surface area (Å²) >= 11 is 0. The van der Waals surface area contributed by atoms with Crippen LogP contribution in [0.1, 0.15) is 145 Å². The van der Waals surface area contributed by atoms with Crippen LogP contribution in [-0.2, 0) is 86.4 Å². The first-order valence-corrected chi connectivity index (χ1v) is 49.7. The highest BCUT2D eigenvalue weighted by Gasteiger charge is 2.43. The van der Waals surface area contributed by atoms with Gasteiger partial charge in [0, 0.05) is 76.6 Å². The predicted molar refractivity (Wildman–Crippen MR) is 535 cm³/mol. The van der Waals surface area contributed by atoms with Crippen molar-refractivity contribution in [3.8, 4) is 11.5 Å². The second kappa shape index (κ2) is 62.6. The number of benzene rings is 4. The summed E-state index contributed by atoms with van der Waals surface area (Å²) in [5, 5.41) is 92.8. The average molecular weight is 2040 g/mol. The maximum atomic E-state index is 16.0. The second-order valence-corrected chi connectivity index (χ2v) is 37.0. The zero-order valence-corrected chi connectivity index (χ0v) is 81.3. The molecule has 0 radical (unpaired) electrons. The van der Waals surface area contributed by atoms with Gasteiger partial charge in [0.05, 0.1) is 6.04 Å². The molecule has 0 spiro atoms. The Kier molecular flexibility index (Phi) is 51.4. The first kappa shape index (κ1) is 117. The maximum absolute atomic E-state index is 16.0. The number of carbonyl (C=O) groups is 17. The monoisotopic (exact) mass is 2040 g/mol. The van der Waals surface area contributed by atoms with E-state index in [1.807, 2.05) is 6.07 Å². The van der Waals surface area contributed by atoms with Crippen LogP contribution >= 0.6 is 21.6 Å². The number of urea groups is 3. The number of phenols is 2. The van der Waals surface area contributed by atoms with Crippen LogP contribution in [0.15, 0.2) is 91.0 Å². The van der Waals surface area contributed by atoms with Gasteiger partial charge in [0.2, 0.25) is 82.7 Å². The van der Waals surface area contributed by atoms with Gasteiger partial charge < -0.3 is 168 Å². The Morgan fingerprint density at radius 1 is 0.406 bits per heavy atom. The molecule has 14 atom stereocenters. The summed E-state index contributed by atoms with van der Waals surface area (Å²) in [6.07, 6.45) is -1.60. The Morgan fingerprint density at radius 2 is 0.804 bits per heavy atom. The molecular formula is C90H140N32O19S2. The van der Waals surface area contributed by atoms with Crippen LogP contribution in [0.3, 0.4) is 0 Å². The highest BCUT2D eigenvalue weighted by Crippen LogP contribution is 2.27. The molecule has 43 N–H and O–H groups in total. The molecule has 51 nitrogen and oxygen atoms in total. The number of phenolic OH excluding ortho intramolecular Hbond substituents is 2. The lowest BCUT2D eigenvalue weighted by Gasteiger charge is -2.31. The third kappa shape index (κ3) is 43.7. The average Bonchev–Trinajstić information content (AvgIpc) is 1.48. The molecule has 6 rings (SSSR count). The fourth-order valence-corrected chi connectivity index (χ4v) is 17.8. The van der Waals surface area contributed by atoms with Crippen molar-refractivity contribution in [1.29, 1.82) is 16.2 Å². The zero-order chi connectivity index (χ0) is 105. The molecule has 20 amide bonds. The summed E-state index contributed by atoms with van der Waals surface area (Å²) in [6, 6.07) is -2.41. The third-order valence-corrected chi connectivity index (χ3v) is 25.5. The molecule has 143 heavy (non-hydrogen) atoms. The topological polar surface area (TPSA) is 882 Å². The Labute approximate surface area is 834 Å². The molecule has 0 saturated carbocycles. The first-order valence-electron chi connectivity index (χ1n) is 47.2. The minimum Gasteiger partial charge on any atom is -0.508 e. The fourth-order valence-electron chi connectivity index (χ4n) is 15.5. The first-order chi connectivity index (χ1) is 68.2. The van der Waals surface area contributed by atoms with E-state index in [9.17, 15) is 34.2 Å². The number of aromatic hydroxyl groups is 2. The summed E-state index contributed by atoms with van der Waals surface area (Å²) in [7, 11) is 1.49. The van der Waals surface area contributed by atoms with Crippen LogP contribution in [0.5, 0.6) is 11.5 Å². The smallest absolute Gasteiger partial charge is 0.312 e. The molecular weight excluding hydrogens is 1900 g/mol. The number of fused-ring (bicyclic) bond motifs is 2. The number of hydrogen-bond donors (Lipinski definition) is 33. The van der Waals surface area contributed by atoms with E-state index < -0.39 is 222 Å². The minimum atomic E-state index is -1.91. The molecule has 0 bridgehead atoms. The summed E-state index contributed by atoms with van der Waals surface area (Å²) in [4.78, 5) is 250. The van der Waals surface area contributed by atoms with E-state index in [1.165, 1.54) is 53.4 Å². The van der Waals surface area contributed by atoms with Crippen molar-refractivity contribution in [3.05, 3.63) is 108 Å². The summed E-state index contributed by atoms with van der Waals surface area (Å²) in [5.74, 6) is -17.0. The number of rotatable bonds is 47. The number of unbranched alkanes of at least 4 members (excludes halogenated alkanes) is 2. The van der Waals surface area contributed by atoms with Gasteiger partial charge in [-0.05, 0) is 193 Å². The zero-order valence-electron chi connectivity index (χ0n) is 79.7. The van der Waals surface area contributed by atoms with Gasteiger partial charge in [-0.25, -0.2) is 14.4 Å². The molecule has 2 heterocycles. The van der Waals surface area contributed by atoms with E-state index in [2.05, 4.69) is 95.7 Å². The van der Waals surface area contributed by atoms with Crippen molar-refractivity contribution in [3.63, 3.8) is 0 Å². The van der Waals surface area contributed by atoms with Crippen LogP contribution in [0.2, 0.25) is 0 Å². The number of nitrogens with zero attached hydrogens (tertiary/aromatic N) is 1. The lowest BCUT2D eigenvalue weighted by molar-refractivity contribution is -0.142. The van der Waals surface area contributed by atoms with E-state index in [0.29, 0.717) is 29.4 Å². The Bertz CT molecular complexity index is 4980. The van der Waals surface area contributed by atoms with Gasteiger partial charge in [-0.3, -0.25) is 83.4 Å². The molecule has 4 aromatic carbocycles. The number of nitrogens with two attached hydrogens (primary N) is 10. The van der Waals surface area contributed by atoms with Gasteiger partial charge in [0.1, 0.15) is 90.0 Å². The summed E-state index contributed by atoms with van der Waals surface area (Å²) in [5.41, 5.74) is 58.3. The van der Waals surface area contributed by atoms with Gasteiger partial charge in [-0.15, -0.1) is 0 Å². The number of amides is 20. The van der Waals surface area contributed by atoms with E-state index in [1.54, 1.807) is 36.4 Å². The van der Waals surface area contributed by atoms with Crippen LogP contribution < -0.4 is 153 Å². The van der Waals surface area contributed by atoms with Gasteiger partial charge in [-0.2, -0.15) is 0 Å². The van der Waals surface area contributed by atoms with Crippen molar-refractivity contribution in [1.82, 2.24) is 101 Å². The molecule has 2 fully saturated rings. The molecule has 2 aliphatic heterocycles. The number of nitrogens with one attached hydrogen (secondary N) is 21. The maximum Gasteiger partial charge on any atom is 0.312 e. The van der Waals surface area contributed by atoms with Crippen LogP contribution in [-0.4, -0.2) is 289 Å². The van der Waals surface area contributed by atoms with E-state index in [4.69, 9.17) is 73.6 Å². The predicted octanol–water partition coefficient (Wildman–Crippen LogP) is -6.31. The molecule has 4 aromatic rings. The van der Waals surface area contributed by atoms with Gasteiger partial charge in [0.25, 0.3) is 0 Å². The van der Waals surface area contributed by atoms with Crippen LogP contribution in [0.4, 0.5) is 14.4 Å². The fraction of sp³-hybridized carbons (Fsp3) is 0.533. The lowest BCUT2D eigenvalue weighted by Crippen LogP contribution is -2.61. The number of primary amides is 4. The van der Waals surface area contributed by atoms with Crippen molar-refractivity contribution in [2.45, 2.75) is 232 Å². The number of guanidine groups is 3. The van der Waals surface area contributed by atoms with E-state index in [-0.39, 0.29) is 204 Å². The quantitative estimate of drug-likeness (QED) is 0.00847. The third-order valence-electron chi connectivity index (χ3n) is 23.1. The number of carbonyl (C=O) groups excluding carboxylic acids is 17. The molecule has 0 unspecified atom stereocenters. The highest BCUT2D eigenvalue weighted by atomic mass is 33.1. The number of hydrogen-bond acceptors (Lipinski definition) is 27. The highest BCUT2D eigenvalue weighted by molar-refractivity contribution is 8.76. The minimum absolute atomic E-state index is 0.000583. The van der Waals surface area contributed by atoms with Gasteiger partial charge in [0.15, 0.2) is 17.9 Å². The van der Waals surface area contributed by atoms with Crippen molar-refractivity contribution in [2.75, 3.05) is 70.4 Å². The molecule has 53 heteroatoms. The van der Waals surface area contributed by atoms with Gasteiger partial charge >= 0.3 is 18.1 Å². The van der Waals surface area contributed by atoms with Crippen LogP contribution in [0, 0.1) is 16.2 Å². The Balaban J connectivity index is 1.61. The molecule has 2 aliphatic rings. The molecule has 0 aromatic heterocycles. The summed E-state index contributed by atoms with van der Waals surface area (Å²) < 4.78 is 0. The lowest BCUT2D eigenvalue weighted by atomic mass is 10.00. The summed E-state index contributed by atoms with van der Waals surface area (Å²) in [6.45, 7) is -0.274. The standard InChI is InChI=1S/C90H140N32O19S2/c91-35-5-3-17-59-75(129)116-64(18-4-6-36-92)84(138)122-43-13-24-70(122)83(137)119-66(46-51-28-33-56(124)34-29-51)79(133)115-62(22-11-41-108-89(102)140)74(128)113-63(23-12-42-109-90(103)141)77(131)120-68(81(135)110-58(71(94)125)19-8-38-105-86(97)98)48-142-143-49-69(82(136)118-65(45-50-26-31-55(123)32-27-50)78(132)114-61(73(127)112-59)21-10-40-107-88(101)139)121-80(134)67(47-52-25-30-53-14-1-2-15-54(53)44-52)117-76(130)60(20-9-39-106-87(99)100)111-72(126)57(93)16-7-37-104-85(95)96/h1-2,14-15,25-34,44,57-70,123-124H,3-13,16-24,35-43,45-49,91-93H2,(H2,94,125)(H,110,135)(H,111,126)(H,112,127)(H,113,128)(H,114,132)(H,115,133)(H,116,129)(H,117,130)(H,118,136)(H,119,137)(H,120,131)(H,121,134)(H4,95,96,104)(H4,97,98,105)(H4,99,100,106)(H3,101,107,139)(H3,102,108,140)(H3,103,109,141)/t57-,58-,59-,60-,61-,62-,63-,64+,65-,66-,67-,68-,69-,70-/m0/s1.